The Morgan fingerprint density at radius 2 is 1.62 bits per heavy atom. The predicted molar refractivity (Wildman–Crippen MR) is 183 cm³/mol. The first kappa shape index (κ1) is 38.1. The largest absolute Gasteiger partial charge is 0.394 e. The van der Waals surface area contributed by atoms with E-state index in [-0.39, 0.29) is 16.9 Å². The SMILES string of the molecule is CC1CC[C@@]2(OC1)O[C@H]1C[C@H]3[C@@H]4CC=C5C[C@@H](O[C@@H]6O[C@H](CO)[C@@H](O)[C@H](O)[C@H]6O[C@@H]6O[C@@H](C)[C@H](O)[C@@H](O)[C@H]6O)[C@H](O)C[C@]5(C)[C@H]4CC[C@]3(C)[C@H]1[C@@H]2C. The molecule has 0 bridgehead atoms. The Labute approximate surface area is 306 Å². The van der Waals surface area contributed by atoms with Crippen molar-refractivity contribution in [3.63, 3.8) is 0 Å². The number of fused-ring (bicyclic) bond motifs is 7. The lowest BCUT2D eigenvalue weighted by Gasteiger charge is -2.59. The molecule has 8 rings (SSSR count). The number of aliphatic hydroxyl groups is 7. The lowest BCUT2D eigenvalue weighted by Crippen LogP contribution is -2.64. The van der Waals surface area contributed by atoms with Gasteiger partial charge >= 0.3 is 0 Å². The summed E-state index contributed by atoms with van der Waals surface area (Å²) in [5, 5.41) is 74.7. The fourth-order valence-corrected chi connectivity index (χ4v) is 12.6. The van der Waals surface area contributed by atoms with Gasteiger partial charge in [0.2, 0.25) is 0 Å². The molecule has 4 aliphatic carbocycles. The van der Waals surface area contributed by atoms with Gasteiger partial charge in [0.05, 0.1) is 37.6 Å². The van der Waals surface area contributed by atoms with Crippen LogP contribution in [-0.2, 0) is 28.4 Å². The second-order valence-electron chi connectivity index (χ2n) is 18.4. The smallest absolute Gasteiger partial charge is 0.187 e. The van der Waals surface area contributed by atoms with Crippen LogP contribution in [0.5, 0.6) is 0 Å². The van der Waals surface area contributed by atoms with Crippen molar-refractivity contribution in [3.05, 3.63) is 11.6 Å². The molecule has 0 aromatic rings. The van der Waals surface area contributed by atoms with E-state index in [0.29, 0.717) is 48.3 Å². The van der Waals surface area contributed by atoms with Crippen molar-refractivity contribution in [2.45, 2.75) is 171 Å². The van der Waals surface area contributed by atoms with Gasteiger partial charge in [0.15, 0.2) is 18.4 Å². The summed E-state index contributed by atoms with van der Waals surface area (Å²) in [7, 11) is 0. The zero-order valence-electron chi connectivity index (χ0n) is 31.2. The van der Waals surface area contributed by atoms with E-state index in [2.05, 4.69) is 33.8 Å². The van der Waals surface area contributed by atoms with E-state index in [1.54, 1.807) is 0 Å². The van der Waals surface area contributed by atoms with E-state index in [4.69, 9.17) is 28.4 Å². The molecular weight excluding hydrogens is 676 g/mol. The highest BCUT2D eigenvalue weighted by Gasteiger charge is 2.69. The van der Waals surface area contributed by atoms with Crippen molar-refractivity contribution in [2.75, 3.05) is 13.2 Å². The molecule has 8 aliphatic rings. The van der Waals surface area contributed by atoms with Crippen LogP contribution >= 0.6 is 0 Å². The van der Waals surface area contributed by atoms with Crippen molar-refractivity contribution in [2.24, 2.45) is 46.3 Å². The summed E-state index contributed by atoms with van der Waals surface area (Å²) in [5.41, 5.74) is 1.19. The van der Waals surface area contributed by atoms with Gasteiger partial charge in [0, 0.05) is 12.3 Å². The van der Waals surface area contributed by atoms with Gasteiger partial charge in [-0.05, 0) is 92.3 Å². The highest BCUT2D eigenvalue weighted by molar-refractivity contribution is 5.27. The van der Waals surface area contributed by atoms with E-state index in [1.807, 2.05) is 0 Å². The van der Waals surface area contributed by atoms with Gasteiger partial charge in [-0.1, -0.05) is 39.3 Å². The molecule has 3 saturated carbocycles. The summed E-state index contributed by atoms with van der Waals surface area (Å²) in [5.74, 6) is 2.37. The third kappa shape index (κ3) is 5.82. The van der Waals surface area contributed by atoms with Crippen LogP contribution in [0.1, 0.15) is 86.0 Å². The van der Waals surface area contributed by atoms with Crippen molar-refractivity contribution >= 4 is 0 Å². The summed E-state index contributed by atoms with van der Waals surface area (Å²) in [6.45, 7) is 11.1. The van der Waals surface area contributed by atoms with Gasteiger partial charge in [-0.15, -0.1) is 0 Å². The Morgan fingerprint density at radius 3 is 2.33 bits per heavy atom. The summed E-state index contributed by atoms with van der Waals surface area (Å²) in [6, 6.07) is 0. The average molecular weight is 739 g/mol. The highest BCUT2D eigenvalue weighted by atomic mass is 16.8. The van der Waals surface area contributed by atoms with Crippen molar-refractivity contribution in [1.82, 2.24) is 0 Å². The molecular formula is C39H62O13. The molecule has 4 saturated heterocycles. The monoisotopic (exact) mass is 738 g/mol. The fourth-order valence-electron chi connectivity index (χ4n) is 12.6. The minimum atomic E-state index is -1.66. The third-order valence-corrected chi connectivity index (χ3v) is 15.6. The van der Waals surface area contributed by atoms with Crippen LogP contribution in [-0.4, -0.2) is 134 Å². The van der Waals surface area contributed by atoms with Gasteiger partial charge in [0.25, 0.3) is 0 Å². The first-order valence-corrected chi connectivity index (χ1v) is 19.9. The van der Waals surface area contributed by atoms with E-state index < -0.39 is 86.0 Å². The van der Waals surface area contributed by atoms with Gasteiger partial charge in [0.1, 0.15) is 42.7 Å². The van der Waals surface area contributed by atoms with Gasteiger partial charge in [-0.2, -0.15) is 0 Å². The fraction of sp³-hybridized carbons (Fsp3) is 0.949. The predicted octanol–water partition coefficient (Wildman–Crippen LogP) is 1.36. The zero-order valence-corrected chi connectivity index (χ0v) is 31.2. The molecule has 1 spiro atoms. The maximum Gasteiger partial charge on any atom is 0.187 e. The Bertz CT molecular complexity index is 1340. The van der Waals surface area contributed by atoms with Crippen molar-refractivity contribution in [1.29, 1.82) is 0 Å². The summed E-state index contributed by atoms with van der Waals surface area (Å²) < 4.78 is 37.3. The van der Waals surface area contributed by atoms with Gasteiger partial charge in [-0.3, -0.25) is 0 Å². The second-order valence-corrected chi connectivity index (χ2v) is 18.4. The number of hydrogen-bond donors (Lipinski definition) is 7. The molecule has 22 atom stereocenters. The Balaban J connectivity index is 0.984. The van der Waals surface area contributed by atoms with Crippen molar-refractivity contribution in [3.8, 4) is 0 Å². The number of rotatable bonds is 5. The minimum Gasteiger partial charge on any atom is -0.394 e. The zero-order chi connectivity index (χ0) is 37.1. The molecule has 52 heavy (non-hydrogen) atoms. The molecule has 0 aromatic carbocycles. The molecule has 4 aliphatic heterocycles. The molecule has 7 fully saturated rings. The summed E-state index contributed by atoms with van der Waals surface area (Å²) >= 11 is 0. The normalized spacial score (nSPS) is 58.9. The first-order valence-electron chi connectivity index (χ1n) is 19.9. The molecule has 13 nitrogen and oxygen atoms in total. The first-order chi connectivity index (χ1) is 24.6. The van der Waals surface area contributed by atoms with Crippen molar-refractivity contribution < 1.29 is 64.2 Å². The molecule has 0 radical (unpaired) electrons. The van der Waals surface area contributed by atoms with Crippen LogP contribution in [0.15, 0.2) is 11.6 Å². The average Bonchev–Trinajstić information content (AvgIpc) is 3.56. The number of aliphatic hydroxyl groups excluding tert-OH is 7. The number of ether oxygens (including phenoxy) is 6. The van der Waals surface area contributed by atoms with E-state index in [0.717, 1.165) is 45.1 Å². The maximum atomic E-state index is 11.8. The highest BCUT2D eigenvalue weighted by Crippen LogP contribution is 2.70. The van der Waals surface area contributed by atoms with Crippen LogP contribution in [0.4, 0.5) is 0 Å². The van der Waals surface area contributed by atoms with Gasteiger partial charge < -0.3 is 64.2 Å². The van der Waals surface area contributed by atoms with E-state index >= 15 is 0 Å². The number of allylic oxidation sites excluding steroid dienone is 1. The maximum absolute atomic E-state index is 11.8. The standard InChI is InChI=1S/C39H62O13/c1-17-8-11-39(47-16-17)18(2)28-26(52-39)13-23-21-7-6-20-12-25(24(41)14-38(20,5)22(21)9-10-37(23,28)4)49-36-34(32(45)30(43)27(15-40)50-36)51-35-33(46)31(44)29(42)19(3)48-35/h6,17-19,21-36,40-46H,7-16H2,1-5H3/t17?,18-,19-,21+,22-,23-,24+,25+,26-,27+,28-,29-,30+,31+,32-,33+,34+,35-,36+,37-,38-,39+/m0/s1. The van der Waals surface area contributed by atoms with Gasteiger partial charge in [-0.25, -0.2) is 0 Å². The summed E-state index contributed by atoms with van der Waals surface area (Å²) in [6.07, 6.45) is -5.90. The summed E-state index contributed by atoms with van der Waals surface area (Å²) in [4.78, 5) is 0. The molecule has 0 amide bonds. The molecule has 7 N–H and O–H groups in total. The molecule has 0 aromatic heterocycles. The quantitative estimate of drug-likeness (QED) is 0.200. The van der Waals surface area contributed by atoms with Crippen LogP contribution in [0.25, 0.3) is 0 Å². The Hall–Kier alpha value is -0.780. The molecule has 1 unspecified atom stereocenters. The minimum absolute atomic E-state index is 0.172. The van der Waals surface area contributed by atoms with Crippen LogP contribution in [0.3, 0.4) is 0 Å². The molecule has 4 heterocycles. The Morgan fingerprint density at radius 1 is 0.846 bits per heavy atom. The van der Waals surface area contributed by atoms with E-state index in [1.165, 1.54) is 12.5 Å². The third-order valence-electron chi connectivity index (χ3n) is 15.6. The number of hydrogen-bond acceptors (Lipinski definition) is 13. The van der Waals surface area contributed by atoms with Crippen LogP contribution in [0.2, 0.25) is 0 Å². The molecule has 13 heteroatoms. The topological polar surface area (TPSA) is 197 Å². The lowest BCUT2D eigenvalue weighted by atomic mass is 9.46. The van der Waals surface area contributed by atoms with Crippen LogP contribution in [0, 0.1) is 46.3 Å². The lowest BCUT2D eigenvalue weighted by molar-refractivity contribution is -0.372. The molecule has 296 valence electrons. The Kier molecular flexibility index (Phi) is 10.0. The van der Waals surface area contributed by atoms with Crippen LogP contribution < -0.4 is 0 Å². The van der Waals surface area contributed by atoms with E-state index in [9.17, 15) is 35.7 Å². The second kappa shape index (κ2) is 13.7.